The number of nitrogens with zero attached hydrogens (tertiary/aromatic N) is 1. The normalized spacial score (nSPS) is 24.6. The minimum absolute atomic E-state index is 0.100. The fourth-order valence-electron chi connectivity index (χ4n) is 2.22. The lowest BCUT2D eigenvalue weighted by Gasteiger charge is -2.22. The van der Waals surface area contributed by atoms with Gasteiger partial charge >= 0.3 is 0 Å². The zero-order valence-electron chi connectivity index (χ0n) is 10.8. The topological polar surface area (TPSA) is 72.6 Å². The van der Waals surface area contributed by atoms with Crippen LogP contribution in [0.15, 0.2) is 27.6 Å². The summed E-state index contributed by atoms with van der Waals surface area (Å²) in [5.41, 5.74) is 5.88. The van der Waals surface area contributed by atoms with Gasteiger partial charge in [0.2, 0.25) is 10.0 Å². The first-order valence-corrected chi connectivity index (χ1v) is 8.22. The molecule has 1 saturated heterocycles. The Morgan fingerprint density at radius 1 is 1.47 bits per heavy atom. The Hall–Kier alpha value is -0.630. The molecule has 1 aromatic rings. The van der Waals surface area contributed by atoms with Gasteiger partial charge in [-0.1, -0.05) is 0 Å². The van der Waals surface area contributed by atoms with Gasteiger partial charge in [0, 0.05) is 18.6 Å². The average Bonchev–Trinajstić information content (AvgIpc) is 2.70. The van der Waals surface area contributed by atoms with Crippen LogP contribution in [0.25, 0.3) is 0 Å². The molecular weight excluding hydrogens is 332 g/mol. The van der Waals surface area contributed by atoms with Crippen LogP contribution in [0, 0.1) is 0 Å². The van der Waals surface area contributed by atoms with Crippen molar-refractivity contribution in [2.45, 2.75) is 30.3 Å². The molecule has 2 N–H and O–H groups in total. The number of rotatable bonds is 3. The van der Waals surface area contributed by atoms with E-state index in [0.29, 0.717) is 23.2 Å². The van der Waals surface area contributed by atoms with Gasteiger partial charge in [-0.3, -0.25) is 0 Å². The molecule has 0 amide bonds. The van der Waals surface area contributed by atoms with Crippen LogP contribution in [0.4, 0.5) is 0 Å². The van der Waals surface area contributed by atoms with Crippen molar-refractivity contribution in [1.29, 1.82) is 0 Å². The van der Waals surface area contributed by atoms with Crippen LogP contribution in [0.5, 0.6) is 5.75 Å². The van der Waals surface area contributed by atoms with Crippen molar-refractivity contribution in [3.63, 3.8) is 0 Å². The maximum Gasteiger partial charge on any atom is 0.243 e. The second kappa shape index (κ2) is 5.40. The maximum atomic E-state index is 12.6. The Bertz CT molecular complexity index is 576. The molecule has 0 spiro atoms. The van der Waals surface area contributed by atoms with E-state index in [-0.39, 0.29) is 17.0 Å². The largest absolute Gasteiger partial charge is 0.496 e. The van der Waals surface area contributed by atoms with Crippen molar-refractivity contribution in [1.82, 2.24) is 4.31 Å². The molecule has 0 aliphatic carbocycles. The monoisotopic (exact) mass is 348 g/mol. The van der Waals surface area contributed by atoms with Gasteiger partial charge < -0.3 is 10.5 Å². The minimum Gasteiger partial charge on any atom is -0.496 e. The first-order chi connectivity index (χ1) is 8.87. The predicted octanol–water partition coefficient (Wildman–Crippen LogP) is 1.57. The Balaban J connectivity index is 2.37. The lowest BCUT2D eigenvalue weighted by molar-refractivity contribution is 0.392. The van der Waals surface area contributed by atoms with E-state index in [0.717, 1.165) is 0 Å². The van der Waals surface area contributed by atoms with Gasteiger partial charge in [0.05, 0.1) is 16.5 Å². The summed E-state index contributed by atoms with van der Waals surface area (Å²) in [6.45, 7) is 2.31. The summed E-state index contributed by atoms with van der Waals surface area (Å²) in [6.07, 6.45) is 0.692. The van der Waals surface area contributed by atoms with Crippen molar-refractivity contribution in [3.05, 3.63) is 22.7 Å². The Morgan fingerprint density at radius 3 is 2.63 bits per heavy atom. The Labute approximate surface area is 121 Å². The molecule has 0 radical (unpaired) electrons. The van der Waals surface area contributed by atoms with Crippen molar-refractivity contribution >= 4 is 26.0 Å². The molecule has 1 aliphatic rings. The van der Waals surface area contributed by atoms with E-state index in [9.17, 15) is 8.42 Å². The molecule has 0 saturated carbocycles. The third-order valence-electron chi connectivity index (χ3n) is 3.49. The highest BCUT2D eigenvalue weighted by atomic mass is 79.9. The molecule has 2 unspecified atom stereocenters. The third kappa shape index (κ3) is 2.65. The number of halogens is 1. The summed E-state index contributed by atoms with van der Waals surface area (Å²) in [5, 5.41) is 0. The summed E-state index contributed by atoms with van der Waals surface area (Å²) in [5.74, 6) is 0.602. The van der Waals surface area contributed by atoms with E-state index in [2.05, 4.69) is 15.9 Å². The van der Waals surface area contributed by atoms with Crippen molar-refractivity contribution in [2.75, 3.05) is 13.7 Å². The zero-order chi connectivity index (χ0) is 14.2. The van der Waals surface area contributed by atoms with E-state index in [1.165, 1.54) is 11.4 Å². The van der Waals surface area contributed by atoms with Crippen LogP contribution in [0.1, 0.15) is 13.3 Å². The quantitative estimate of drug-likeness (QED) is 0.899. The van der Waals surface area contributed by atoms with E-state index in [1.807, 2.05) is 6.92 Å². The van der Waals surface area contributed by atoms with Crippen LogP contribution in [0.2, 0.25) is 0 Å². The Morgan fingerprint density at radius 2 is 2.16 bits per heavy atom. The number of sulfonamides is 1. The van der Waals surface area contributed by atoms with Gasteiger partial charge in [-0.15, -0.1) is 0 Å². The van der Waals surface area contributed by atoms with Crippen molar-refractivity contribution in [2.24, 2.45) is 5.73 Å². The second-order valence-electron chi connectivity index (χ2n) is 4.61. The summed E-state index contributed by atoms with van der Waals surface area (Å²) in [4.78, 5) is 0.251. The van der Waals surface area contributed by atoms with Crippen LogP contribution in [0.3, 0.4) is 0 Å². The van der Waals surface area contributed by atoms with Crippen LogP contribution in [-0.4, -0.2) is 38.5 Å². The average molecular weight is 349 g/mol. The summed E-state index contributed by atoms with van der Waals surface area (Å²) in [6, 6.07) is 4.47. The van der Waals surface area contributed by atoms with Crippen LogP contribution < -0.4 is 10.5 Å². The zero-order valence-corrected chi connectivity index (χ0v) is 13.2. The van der Waals surface area contributed by atoms with E-state index in [4.69, 9.17) is 10.5 Å². The highest BCUT2D eigenvalue weighted by Crippen LogP contribution is 2.31. The molecule has 1 heterocycles. The molecule has 19 heavy (non-hydrogen) atoms. The molecule has 0 aromatic heterocycles. The van der Waals surface area contributed by atoms with Gasteiger partial charge in [0.15, 0.2) is 0 Å². The highest BCUT2D eigenvalue weighted by Gasteiger charge is 2.37. The molecule has 7 heteroatoms. The van der Waals surface area contributed by atoms with Crippen molar-refractivity contribution in [3.8, 4) is 5.75 Å². The molecule has 2 atom stereocenters. The first kappa shape index (κ1) is 14.8. The molecule has 2 rings (SSSR count). The summed E-state index contributed by atoms with van der Waals surface area (Å²) < 4.78 is 32.3. The van der Waals surface area contributed by atoms with Crippen LogP contribution >= 0.6 is 15.9 Å². The van der Waals surface area contributed by atoms with E-state index < -0.39 is 10.0 Å². The molecule has 1 aliphatic heterocycles. The number of benzene rings is 1. The second-order valence-corrected chi connectivity index (χ2v) is 7.35. The molecule has 1 aromatic carbocycles. The smallest absolute Gasteiger partial charge is 0.243 e. The lowest BCUT2D eigenvalue weighted by Crippen LogP contribution is -2.40. The minimum atomic E-state index is -3.50. The molecule has 0 bridgehead atoms. The standard InChI is InChI=1S/C12H17BrN2O3S/c1-8-11(14)5-6-15(8)19(16,17)9-3-4-12(18-2)10(13)7-9/h3-4,7-8,11H,5-6,14H2,1-2H3. The third-order valence-corrected chi connectivity index (χ3v) is 6.09. The van der Waals surface area contributed by atoms with Gasteiger partial charge in [-0.2, -0.15) is 4.31 Å². The van der Waals surface area contributed by atoms with Crippen LogP contribution in [-0.2, 0) is 10.0 Å². The van der Waals surface area contributed by atoms with Gasteiger partial charge in [-0.05, 0) is 47.5 Å². The molecular formula is C12H17BrN2O3S. The number of nitrogens with two attached hydrogens (primary N) is 1. The van der Waals surface area contributed by atoms with Gasteiger partial charge in [-0.25, -0.2) is 8.42 Å². The fourth-order valence-corrected chi connectivity index (χ4v) is 4.63. The van der Waals surface area contributed by atoms with E-state index >= 15 is 0 Å². The van der Waals surface area contributed by atoms with Crippen molar-refractivity contribution < 1.29 is 13.2 Å². The lowest BCUT2D eigenvalue weighted by atomic mass is 10.2. The van der Waals surface area contributed by atoms with E-state index in [1.54, 1.807) is 18.2 Å². The highest BCUT2D eigenvalue weighted by molar-refractivity contribution is 9.10. The summed E-state index contributed by atoms with van der Waals surface area (Å²) in [7, 11) is -1.96. The van der Waals surface area contributed by atoms with Gasteiger partial charge in [0.1, 0.15) is 5.75 Å². The molecule has 106 valence electrons. The number of hydrogen-bond acceptors (Lipinski definition) is 4. The molecule has 1 fully saturated rings. The number of hydrogen-bond donors (Lipinski definition) is 1. The fraction of sp³-hybridized carbons (Fsp3) is 0.500. The molecule has 5 nitrogen and oxygen atoms in total. The Kier molecular flexibility index (Phi) is 4.20. The first-order valence-electron chi connectivity index (χ1n) is 5.99. The number of ether oxygens (including phenoxy) is 1. The number of methoxy groups -OCH3 is 1. The van der Waals surface area contributed by atoms with Gasteiger partial charge in [0.25, 0.3) is 0 Å². The predicted molar refractivity (Wildman–Crippen MR) is 76.6 cm³/mol. The summed E-state index contributed by atoms with van der Waals surface area (Å²) >= 11 is 3.30. The maximum absolute atomic E-state index is 12.6. The SMILES string of the molecule is COc1ccc(S(=O)(=O)N2CCC(N)C2C)cc1Br.